The van der Waals surface area contributed by atoms with Gasteiger partial charge in [0.1, 0.15) is 11.5 Å². The van der Waals surface area contributed by atoms with Gasteiger partial charge in [0.2, 0.25) is 5.91 Å². The van der Waals surface area contributed by atoms with Gasteiger partial charge in [0.25, 0.3) is 0 Å². The zero-order valence-corrected chi connectivity index (χ0v) is 12.3. The highest BCUT2D eigenvalue weighted by molar-refractivity contribution is 5.91. The molecule has 1 aliphatic rings. The number of hydrogen-bond acceptors (Lipinski definition) is 4. The first kappa shape index (κ1) is 14.5. The lowest BCUT2D eigenvalue weighted by Gasteiger charge is -2.11. The van der Waals surface area contributed by atoms with E-state index in [1.807, 2.05) is 24.3 Å². The van der Waals surface area contributed by atoms with Crippen LogP contribution in [0.4, 0.5) is 5.69 Å². The van der Waals surface area contributed by atoms with Crippen LogP contribution in [0.2, 0.25) is 0 Å². The van der Waals surface area contributed by atoms with E-state index in [1.165, 1.54) is 0 Å². The van der Waals surface area contributed by atoms with Gasteiger partial charge in [-0.25, -0.2) is 0 Å². The molecule has 1 unspecified atom stereocenters. The number of carbonyl (C=O) groups excluding carboxylic acids is 1. The smallest absolute Gasteiger partial charge is 0.225 e. The van der Waals surface area contributed by atoms with Crippen LogP contribution >= 0.6 is 0 Å². The maximum Gasteiger partial charge on any atom is 0.225 e. The van der Waals surface area contributed by atoms with Crippen molar-refractivity contribution >= 4 is 11.6 Å². The number of benzene rings is 1. The van der Waals surface area contributed by atoms with Gasteiger partial charge in [-0.05, 0) is 55.8 Å². The monoisotopic (exact) mass is 297 g/mol. The predicted molar refractivity (Wildman–Crippen MR) is 85.0 cm³/mol. The molecular weight excluding hydrogens is 278 g/mol. The maximum absolute atomic E-state index is 12.0. The summed E-state index contributed by atoms with van der Waals surface area (Å²) < 4.78 is 5.68. The minimum Gasteiger partial charge on any atom is -0.457 e. The van der Waals surface area contributed by atoms with E-state index in [4.69, 9.17) is 4.74 Å². The molecule has 1 aromatic heterocycles. The first-order valence-electron chi connectivity index (χ1n) is 7.51. The molecule has 1 atom stereocenters. The third-order valence-electron chi connectivity index (χ3n) is 3.62. The van der Waals surface area contributed by atoms with Crippen molar-refractivity contribution in [3.05, 3.63) is 48.8 Å². The molecule has 5 heteroatoms. The Kier molecular flexibility index (Phi) is 4.65. The van der Waals surface area contributed by atoms with E-state index in [0.29, 0.717) is 12.5 Å². The van der Waals surface area contributed by atoms with Crippen LogP contribution in [0.1, 0.15) is 19.3 Å². The number of rotatable bonds is 5. The van der Waals surface area contributed by atoms with Crippen molar-refractivity contribution in [1.29, 1.82) is 0 Å². The summed E-state index contributed by atoms with van der Waals surface area (Å²) in [6.45, 7) is 1.01. The average Bonchev–Trinajstić information content (AvgIpc) is 3.03. The van der Waals surface area contributed by atoms with E-state index in [-0.39, 0.29) is 5.91 Å². The van der Waals surface area contributed by atoms with Crippen molar-refractivity contribution in [2.75, 3.05) is 11.9 Å². The fourth-order valence-corrected chi connectivity index (χ4v) is 2.52. The van der Waals surface area contributed by atoms with E-state index in [1.54, 1.807) is 24.5 Å². The normalized spacial score (nSPS) is 17.2. The maximum atomic E-state index is 12.0. The highest BCUT2D eigenvalue weighted by Gasteiger charge is 2.17. The summed E-state index contributed by atoms with van der Waals surface area (Å²) in [5, 5.41) is 6.24. The molecule has 114 valence electrons. The molecular formula is C17H19N3O2. The summed E-state index contributed by atoms with van der Waals surface area (Å²) in [6, 6.07) is 11.3. The topological polar surface area (TPSA) is 63.2 Å². The Morgan fingerprint density at radius 3 is 2.59 bits per heavy atom. The Balaban J connectivity index is 1.53. The molecule has 0 bridgehead atoms. The van der Waals surface area contributed by atoms with Gasteiger partial charge in [-0.2, -0.15) is 0 Å². The molecule has 1 fully saturated rings. The van der Waals surface area contributed by atoms with E-state index in [9.17, 15) is 4.79 Å². The van der Waals surface area contributed by atoms with Crippen LogP contribution in [0.5, 0.6) is 11.5 Å². The molecule has 0 radical (unpaired) electrons. The molecule has 1 aliphatic heterocycles. The lowest BCUT2D eigenvalue weighted by Crippen LogP contribution is -2.27. The third kappa shape index (κ3) is 4.05. The quantitative estimate of drug-likeness (QED) is 0.890. The average molecular weight is 297 g/mol. The van der Waals surface area contributed by atoms with Crippen LogP contribution in [0, 0.1) is 0 Å². The van der Waals surface area contributed by atoms with E-state index >= 15 is 0 Å². The van der Waals surface area contributed by atoms with E-state index < -0.39 is 0 Å². The van der Waals surface area contributed by atoms with Gasteiger partial charge in [-0.1, -0.05) is 0 Å². The first-order valence-corrected chi connectivity index (χ1v) is 7.51. The largest absolute Gasteiger partial charge is 0.457 e. The highest BCUT2D eigenvalue weighted by Crippen LogP contribution is 2.22. The van der Waals surface area contributed by atoms with Crippen LogP contribution in [0.25, 0.3) is 0 Å². The predicted octanol–water partition coefficient (Wildman–Crippen LogP) is 2.95. The Bertz CT molecular complexity index is 608. The summed E-state index contributed by atoms with van der Waals surface area (Å²) in [6.07, 6.45) is 6.11. The zero-order valence-electron chi connectivity index (χ0n) is 12.3. The standard InChI is InChI=1S/C17H19N3O2/c21-17(12-14-2-1-9-19-14)20-13-3-5-15(6-4-13)22-16-7-10-18-11-8-16/h3-8,10-11,14,19H,1-2,9,12H2,(H,20,21). The van der Waals surface area contributed by atoms with Gasteiger partial charge in [-0.15, -0.1) is 0 Å². The lowest BCUT2D eigenvalue weighted by atomic mass is 10.1. The Labute approximate surface area is 129 Å². The molecule has 3 rings (SSSR count). The number of nitrogens with one attached hydrogen (secondary N) is 2. The molecule has 1 saturated heterocycles. The van der Waals surface area contributed by atoms with Gasteiger partial charge >= 0.3 is 0 Å². The number of hydrogen-bond donors (Lipinski definition) is 2. The molecule has 5 nitrogen and oxygen atoms in total. The van der Waals surface area contributed by atoms with Crippen molar-refractivity contribution in [2.45, 2.75) is 25.3 Å². The van der Waals surface area contributed by atoms with E-state index in [2.05, 4.69) is 15.6 Å². The Hall–Kier alpha value is -2.40. The van der Waals surface area contributed by atoms with Crippen LogP contribution in [-0.4, -0.2) is 23.5 Å². The van der Waals surface area contributed by atoms with Crippen LogP contribution in [0.3, 0.4) is 0 Å². The number of anilines is 1. The third-order valence-corrected chi connectivity index (χ3v) is 3.62. The SMILES string of the molecule is O=C(CC1CCCN1)Nc1ccc(Oc2ccncc2)cc1. The highest BCUT2D eigenvalue weighted by atomic mass is 16.5. The summed E-state index contributed by atoms with van der Waals surface area (Å²) >= 11 is 0. The minimum atomic E-state index is 0.0437. The number of nitrogens with zero attached hydrogens (tertiary/aromatic N) is 1. The van der Waals surface area contributed by atoms with Gasteiger partial charge in [0.15, 0.2) is 0 Å². The first-order chi connectivity index (χ1) is 10.8. The van der Waals surface area contributed by atoms with Gasteiger partial charge in [0, 0.05) is 30.5 Å². The summed E-state index contributed by atoms with van der Waals surface area (Å²) in [5.74, 6) is 1.50. The molecule has 2 heterocycles. The molecule has 0 saturated carbocycles. The Morgan fingerprint density at radius 1 is 1.18 bits per heavy atom. The van der Waals surface area contributed by atoms with Crippen LogP contribution in [0.15, 0.2) is 48.8 Å². The van der Waals surface area contributed by atoms with Crippen molar-refractivity contribution in [3.63, 3.8) is 0 Å². The zero-order chi connectivity index (χ0) is 15.2. The number of ether oxygens (including phenoxy) is 1. The summed E-state index contributed by atoms with van der Waals surface area (Å²) in [7, 11) is 0. The molecule has 1 aromatic carbocycles. The second kappa shape index (κ2) is 7.04. The molecule has 22 heavy (non-hydrogen) atoms. The number of carbonyl (C=O) groups is 1. The number of amides is 1. The van der Waals surface area contributed by atoms with Crippen molar-refractivity contribution < 1.29 is 9.53 Å². The van der Waals surface area contributed by atoms with Crippen molar-refractivity contribution in [1.82, 2.24) is 10.3 Å². The fourth-order valence-electron chi connectivity index (χ4n) is 2.52. The number of pyridine rings is 1. The molecule has 0 spiro atoms. The molecule has 2 aromatic rings. The lowest BCUT2D eigenvalue weighted by molar-refractivity contribution is -0.116. The van der Waals surface area contributed by atoms with Gasteiger partial charge in [0.05, 0.1) is 0 Å². The molecule has 2 N–H and O–H groups in total. The molecule has 0 aliphatic carbocycles. The van der Waals surface area contributed by atoms with E-state index in [0.717, 1.165) is 36.6 Å². The summed E-state index contributed by atoms with van der Waals surface area (Å²) in [5.41, 5.74) is 0.782. The Morgan fingerprint density at radius 2 is 1.91 bits per heavy atom. The second-order valence-electron chi connectivity index (χ2n) is 5.35. The second-order valence-corrected chi connectivity index (χ2v) is 5.35. The van der Waals surface area contributed by atoms with Gasteiger partial charge < -0.3 is 15.4 Å². The fraction of sp³-hybridized carbons (Fsp3) is 0.294. The molecule has 1 amide bonds. The van der Waals surface area contributed by atoms with Crippen molar-refractivity contribution in [3.8, 4) is 11.5 Å². The summed E-state index contributed by atoms with van der Waals surface area (Å²) in [4.78, 5) is 15.9. The van der Waals surface area contributed by atoms with Crippen LogP contribution in [-0.2, 0) is 4.79 Å². The van der Waals surface area contributed by atoms with Crippen LogP contribution < -0.4 is 15.4 Å². The van der Waals surface area contributed by atoms with Crippen molar-refractivity contribution in [2.24, 2.45) is 0 Å². The minimum absolute atomic E-state index is 0.0437. The number of aromatic nitrogens is 1. The van der Waals surface area contributed by atoms with Gasteiger partial charge in [-0.3, -0.25) is 9.78 Å².